The van der Waals surface area contributed by atoms with Crippen molar-refractivity contribution in [3.05, 3.63) is 17.2 Å². The first-order valence-electron chi connectivity index (χ1n) is 3.33. The Labute approximate surface area is 86.9 Å². The summed E-state index contributed by atoms with van der Waals surface area (Å²) in [7, 11) is 0. The third-order valence-electron chi connectivity index (χ3n) is 1.30. The molecule has 2 nitrogen and oxygen atoms in total. The minimum Gasteiger partial charge on any atom is -0.504 e. The van der Waals surface area contributed by atoms with Gasteiger partial charge < -0.3 is 10.8 Å². The molecule has 7 heteroatoms. The van der Waals surface area contributed by atoms with Crippen LogP contribution < -0.4 is 5.73 Å². The quantitative estimate of drug-likeness (QED) is 0.452. The lowest BCUT2D eigenvalue weighted by molar-refractivity contribution is -0.0328. The summed E-state index contributed by atoms with van der Waals surface area (Å²) in [5, 5.41) is 8.88. The summed E-state index contributed by atoms with van der Waals surface area (Å²) in [6.07, 6.45) is 0. The highest BCUT2D eigenvalue weighted by Crippen LogP contribution is 2.41. The summed E-state index contributed by atoms with van der Waals surface area (Å²) in [5.74, 6) is -0.404. The van der Waals surface area contributed by atoms with Crippen molar-refractivity contribution < 1.29 is 18.3 Å². The number of aromatic hydroxyl groups is 1. The second-order valence-electron chi connectivity index (χ2n) is 2.39. The SMILES string of the molecule is Nc1cc(SC(F)(F)F)cc(Cl)c1O. The van der Waals surface area contributed by atoms with Crippen LogP contribution in [0.5, 0.6) is 5.75 Å². The summed E-state index contributed by atoms with van der Waals surface area (Å²) < 4.78 is 35.8. The third-order valence-corrected chi connectivity index (χ3v) is 2.29. The molecule has 1 aromatic carbocycles. The lowest BCUT2D eigenvalue weighted by atomic mass is 10.3. The molecule has 0 unspecified atom stereocenters. The van der Waals surface area contributed by atoms with Gasteiger partial charge in [-0.15, -0.1) is 0 Å². The number of benzene rings is 1. The predicted molar refractivity (Wildman–Crippen MR) is 49.4 cm³/mol. The molecule has 1 rings (SSSR count). The number of halogens is 4. The number of thioether (sulfide) groups is 1. The molecule has 0 atom stereocenters. The van der Waals surface area contributed by atoms with Gasteiger partial charge in [0, 0.05) is 4.90 Å². The average Bonchev–Trinajstić information content (AvgIpc) is 1.96. The van der Waals surface area contributed by atoms with Crippen LogP contribution in [-0.2, 0) is 0 Å². The van der Waals surface area contributed by atoms with E-state index in [1.807, 2.05) is 0 Å². The fourth-order valence-electron chi connectivity index (χ4n) is 0.787. The number of phenols is 1. The predicted octanol–water partition coefficient (Wildman–Crippen LogP) is 3.24. The van der Waals surface area contributed by atoms with Gasteiger partial charge in [0.1, 0.15) is 0 Å². The number of anilines is 1. The molecule has 0 saturated heterocycles. The molecule has 0 fully saturated rings. The van der Waals surface area contributed by atoms with Crippen LogP contribution in [0, 0.1) is 0 Å². The number of nitrogen functional groups attached to an aromatic ring is 1. The van der Waals surface area contributed by atoms with Gasteiger partial charge in [0.2, 0.25) is 0 Å². The molecule has 0 amide bonds. The van der Waals surface area contributed by atoms with Crippen LogP contribution in [0.3, 0.4) is 0 Å². The molecule has 0 aliphatic rings. The second kappa shape index (κ2) is 3.78. The molecule has 78 valence electrons. The van der Waals surface area contributed by atoms with Gasteiger partial charge in [-0.2, -0.15) is 13.2 Å². The fraction of sp³-hybridized carbons (Fsp3) is 0.143. The van der Waals surface area contributed by atoms with Gasteiger partial charge in [0.15, 0.2) is 5.75 Å². The van der Waals surface area contributed by atoms with Crippen molar-refractivity contribution in [2.75, 3.05) is 5.73 Å². The standard InChI is InChI=1S/C7H5ClF3NOS/c8-4-1-3(14-7(9,10)11)2-5(12)6(4)13/h1-2,13H,12H2. The highest BCUT2D eigenvalue weighted by molar-refractivity contribution is 8.00. The molecule has 0 spiro atoms. The van der Waals surface area contributed by atoms with Crippen LogP contribution >= 0.6 is 23.4 Å². The molecule has 0 saturated carbocycles. The number of hydrogen-bond donors (Lipinski definition) is 2. The summed E-state index contributed by atoms with van der Waals surface area (Å²) in [6, 6.07) is 2.02. The van der Waals surface area contributed by atoms with Crippen molar-refractivity contribution in [2.24, 2.45) is 0 Å². The molecular weight excluding hydrogens is 239 g/mol. The van der Waals surface area contributed by atoms with Crippen molar-refractivity contribution in [2.45, 2.75) is 10.4 Å². The average molecular weight is 244 g/mol. The van der Waals surface area contributed by atoms with Gasteiger partial charge in [-0.25, -0.2) is 0 Å². The third kappa shape index (κ3) is 2.88. The van der Waals surface area contributed by atoms with Crippen LogP contribution in [0.15, 0.2) is 17.0 Å². The topological polar surface area (TPSA) is 46.2 Å². The number of hydrogen-bond acceptors (Lipinski definition) is 3. The number of phenolic OH excluding ortho intramolecular Hbond substituents is 1. The van der Waals surface area contributed by atoms with Crippen molar-refractivity contribution in [3.63, 3.8) is 0 Å². The molecule has 0 bridgehead atoms. The molecular formula is C7H5ClF3NOS. The molecule has 1 aromatic rings. The van der Waals surface area contributed by atoms with Crippen LogP contribution in [-0.4, -0.2) is 10.6 Å². The maximum atomic E-state index is 11.9. The van der Waals surface area contributed by atoms with E-state index < -0.39 is 11.3 Å². The van der Waals surface area contributed by atoms with Crippen LogP contribution in [0.2, 0.25) is 5.02 Å². The van der Waals surface area contributed by atoms with Gasteiger partial charge in [0.05, 0.1) is 10.7 Å². The fourth-order valence-corrected chi connectivity index (χ4v) is 1.71. The van der Waals surface area contributed by atoms with Gasteiger partial charge in [-0.1, -0.05) is 11.6 Å². The maximum Gasteiger partial charge on any atom is 0.446 e. The Bertz CT molecular complexity index is 332. The first-order chi connectivity index (χ1) is 6.29. The lowest BCUT2D eigenvalue weighted by Gasteiger charge is -2.08. The minimum absolute atomic E-state index is 0.155. The molecule has 0 aliphatic carbocycles. The van der Waals surface area contributed by atoms with E-state index in [9.17, 15) is 13.2 Å². The van der Waals surface area contributed by atoms with Crippen molar-refractivity contribution in [3.8, 4) is 5.75 Å². The molecule has 0 aromatic heterocycles. The first kappa shape index (κ1) is 11.3. The zero-order valence-corrected chi connectivity index (χ0v) is 8.17. The van der Waals surface area contributed by atoms with Crippen LogP contribution in [0.4, 0.5) is 18.9 Å². The van der Waals surface area contributed by atoms with Gasteiger partial charge in [-0.3, -0.25) is 0 Å². The van der Waals surface area contributed by atoms with Gasteiger partial charge in [0.25, 0.3) is 0 Å². The van der Waals surface area contributed by atoms with E-state index in [0.717, 1.165) is 12.1 Å². The van der Waals surface area contributed by atoms with E-state index >= 15 is 0 Å². The maximum absolute atomic E-state index is 11.9. The second-order valence-corrected chi connectivity index (χ2v) is 3.94. The number of nitrogens with two attached hydrogens (primary N) is 1. The van der Waals surface area contributed by atoms with E-state index in [0.29, 0.717) is 0 Å². The number of alkyl halides is 3. The summed E-state index contributed by atoms with van der Waals surface area (Å²) in [4.78, 5) is -0.155. The normalized spacial score (nSPS) is 11.7. The first-order valence-corrected chi connectivity index (χ1v) is 4.53. The van der Waals surface area contributed by atoms with Crippen molar-refractivity contribution in [1.29, 1.82) is 0 Å². The van der Waals surface area contributed by atoms with E-state index in [2.05, 4.69) is 0 Å². The van der Waals surface area contributed by atoms with E-state index in [1.54, 1.807) is 0 Å². The molecule has 0 aliphatic heterocycles. The summed E-state index contributed by atoms with van der Waals surface area (Å²) >= 11 is 5.10. The number of rotatable bonds is 1. The van der Waals surface area contributed by atoms with E-state index in [4.69, 9.17) is 22.4 Å². The summed E-state index contributed by atoms with van der Waals surface area (Å²) in [5.41, 5.74) is 0.652. The lowest BCUT2D eigenvalue weighted by Crippen LogP contribution is -1.99. The highest BCUT2D eigenvalue weighted by atomic mass is 35.5. The van der Waals surface area contributed by atoms with E-state index in [-0.39, 0.29) is 27.4 Å². The van der Waals surface area contributed by atoms with Crippen LogP contribution in [0.1, 0.15) is 0 Å². The van der Waals surface area contributed by atoms with E-state index in [1.165, 1.54) is 0 Å². The molecule has 0 radical (unpaired) electrons. The van der Waals surface area contributed by atoms with Crippen molar-refractivity contribution in [1.82, 2.24) is 0 Å². The Morgan fingerprint density at radius 2 is 1.93 bits per heavy atom. The Morgan fingerprint density at radius 3 is 2.36 bits per heavy atom. The molecule has 3 N–H and O–H groups in total. The Balaban J connectivity index is 3.02. The highest BCUT2D eigenvalue weighted by Gasteiger charge is 2.29. The van der Waals surface area contributed by atoms with Crippen LogP contribution in [0.25, 0.3) is 0 Å². The Kier molecular flexibility index (Phi) is 3.06. The monoisotopic (exact) mass is 243 g/mol. The zero-order valence-electron chi connectivity index (χ0n) is 6.60. The van der Waals surface area contributed by atoms with Crippen molar-refractivity contribution >= 4 is 29.1 Å². The minimum atomic E-state index is -4.40. The smallest absolute Gasteiger partial charge is 0.446 e. The zero-order chi connectivity index (χ0) is 10.9. The molecule has 14 heavy (non-hydrogen) atoms. The summed E-state index contributed by atoms with van der Waals surface area (Å²) in [6.45, 7) is 0. The van der Waals surface area contributed by atoms with Gasteiger partial charge >= 0.3 is 5.51 Å². The molecule has 0 heterocycles. The van der Waals surface area contributed by atoms with Gasteiger partial charge in [-0.05, 0) is 23.9 Å². The Hall–Kier alpha value is -0.750. The largest absolute Gasteiger partial charge is 0.504 e. The Morgan fingerprint density at radius 1 is 1.36 bits per heavy atom.